The molecule has 0 aliphatic heterocycles. The van der Waals surface area contributed by atoms with Gasteiger partial charge in [0.05, 0.1) is 12.5 Å². The van der Waals surface area contributed by atoms with E-state index in [2.05, 4.69) is 38.2 Å². The maximum Gasteiger partial charge on any atom is 0.216 e. The van der Waals surface area contributed by atoms with Crippen LogP contribution in [0, 0.1) is 0 Å². The van der Waals surface area contributed by atoms with Crippen LogP contribution < -0.4 is 10.1 Å². The molecule has 3 rings (SSSR count). The number of hydrogen-bond donors (Lipinski definition) is 1. The molecular formula is C14H15N5OS. The largest absolute Gasteiger partial charge is 0.481 e. The van der Waals surface area contributed by atoms with Gasteiger partial charge in [-0.25, -0.2) is 19.9 Å². The Balaban J connectivity index is 2.18. The SMILES string of the molecule is CCc1cc2c(NC)nc(-c3cc(OC)ncn3)nc2s1. The van der Waals surface area contributed by atoms with E-state index in [1.54, 1.807) is 24.5 Å². The molecule has 0 radical (unpaired) electrons. The zero-order valence-corrected chi connectivity index (χ0v) is 12.9. The molecule has 7 heteroatoms. The summed E-state index contributed by atoms with van der Waals surface area (Å²) in [5, 5.41) is 4.17. The molecule has 3 aromatic heterocycles. The summed E-state index contributed by atoms with van der Waals surface area (Å²) in [6, 6.07) is 3.87. The van der Waals surface area contributed by atoms with Crippen LogP contribution in [0.1, 0.15) is 11.8 Å². The van der Waals surface area contributed by atoms with E-state index in [-0.39, 0.29) is 0 Å². The summed E-state index contributed by atoms with van der Waals surface area (Å²) in [5.41, 5.74) is 0.645. The highest BCUT2D eigenvalue weighted by atomic mass is 32.1. The van der Waals surface area contributed by atoms with Gasteiger partial charge in [-0.15, -0.1) is 11.3 Å². The second kappa shape index (κ2) is 5.61. The average molecular weight is 301 g/mol. The van der Waals surface area contributed by atoms with E-state index >= 15 is 0 Å². The van der Waals surface area contributed by atoms with Gasteiger partial charge in [0.15, 0.2) is 5.82 Å². The number of aromatic nitrogens is 4. The number of nitrogens with zero attached hydrogens (tertiary/aromatic N) is 4. The highest BCUT2D eigenvalue weighted by molar-refractivity contribution is 7.18. The number of thiophene rings is 1. The van der Waals surface area contributed by atoms with Crippen molar-refractivity contribution in [3.05, 3.63) is 23.3 Å². The lowest BCUT2D eigenvalue weighted by Crippen LogP contribution is -1.99. The van der Waals surface area contributed by atoms with E-state index in [1.165, 1.54) is 11.2 Å². The number of rotatable bonds is 4. The van der Waals surface area contributed by atoms with Gasteiger partial charge in [0.25, 0.3) is 0 Å². The zero-order valence-electron chi connectivity index (χ0n) is 12.0. The van der Waals surface area contributed by atoms with Crippen LogP contribution in [0.25, 0.3) is 21.7 Å². The van der Waals surface area contributed by atoms with E-state index < -0.39 is 0 Å². The minimum atomic E-state index is 0.495. The molecule has 108 valence electrons. The van der Waals surface area contributed by atoms with Crippen molar-refractivity contribution in [2.45, 2.75) is 13.3 Å². The van der Waals surface area contributed by atoms with E-state index in [0.29, 0.717) is 17.4 Å². The fourth-order valence-electron chi connectivity index (χ4n) is 2.02. The van der Waals surface area contributed by atoms with Gasteiger partial charge in [-0.3, -0.25) is 0 Å². The number of anilines is 1. The summed E-state index contributed by atoms with van der Waals surface area (Å²) in [4.78, 5) is 19.6. The Bertz CT molecular complexity index is 786. The first kappa shape index (κ1) is 13.7. The van der Waals surface area contributed by atoms with Gasteiger partial charge in [-0.05, 0) is 12.5 Å². The molecule has 0 aromatic carbocycles. The smallest absolute Gasteiger partial charge is 0.216 e. The molecule has 0 fully saturated rings. The molecular weight excluding hydrogens is 286 g/mol. The van der Waals surface area contributed by atoms with Crippen molar-refractivity contribution in [2.24, 2.45) is 0 Å². The topological polar surface area (TPSA) is 72.8 Å². The predicted octanol–water partition coefficient (Wildman–Crippen LogP) is 2.76. The molecule has 1 N–H and O–H groups in total. The van der Waals surface area contributed by atoms with Crippen molar-refractivity contribution in [3.8, 4) is 17.4 Å². The van der Waals surface area contributed by atoms with Crippen LogP contribution in [0.5, 0.6) is 5.88 Å². The van der Waals surface area contributed by atoms with Crippen LogP contribution in [0.3, 0.4) is 0 Å². The van der Waals surface area contributed by atoms with Crippen LogP contribution in [0.4, 0.5) is 5.82 Å². The monoisotopic (exact) mass is 301 g/mol. The molecule has 0 saturated heterocycles. The van der Waals surface area contributed by atoms with E-state index in [9.17, 15) is 0 Å². The molecule has 0 unspecified atom stereocenters. The second-order valence-corrected chi connectivity index (χ2v) is 5.49. The van der Waals surface area contributed by atoms with Gasteiger partial charge in [0.1, 0.15) is 22.7 Å². The van der Waals surface area contributed by atoms with Crippen LogP contribution in [-0.4, -0.2) is 34.1 Å². The van der Waals surface area contributed by atoms with Crippen LogP contribution in [0.2, 0.25) is 0 Å². The summed E-state index contributed by atoms with van der Waals surface area (Å²) < 4.78 is 5.12. The minimum absolute atomic E-state index is 0.495. The highest BCUT2D eigenvalue weighted by Crippen LogP contribution is 2.31. The summed E-state index contributed by atoms with van der Waals surface area (Å²) in [6.45, 7) is 2.13. The van der Waals surface area contributed by atoms with Gasteiger partial charge in [0.2, 0.25) is 5.88 Å². The number of fused-ring (bicyclic) bond motifs is 1. The molecule has 0 aliphatic carbocycles. The fraction of sp³-hybridized carbons (Fsp3) is 0.286. The third-order valence-corrected chi connectivity index (χ3v) is 4.28. The van der Waals surface area contributed by atoms with Crippen molar-refractivity contribution >= 4 is 27.4 Å². The molecule has 0 aliphatic rings. The van der Waals surface area contributed by atoms with Crippen LogP contribution >= 0.6 is 11.3 Å². The second-order valence-electron chi connectivity index (χ2n) is 4.38. The molecule has 0 saturated carbocycles. The maximum atomic E-state index is 5.12. The van der Waals surface area contributed by atoms with Crippen LogP contribution in [-0.2, 0) is 6.42 Å². The van der Waals surface area contributed by atoms with Crippen molar-refractivity contribution in [1.82, 2.24) is 19.9 Å². The Morgan fingerprint density at radius 2 is 2.10 bits per heavy atom. The van der Waals surface area contributed by atoms with E-state index in [0.717, 1.165) is 22.5 Å². The lowest BCUT2D eigenvalue weighted by atomic mass is 10.3. The summed E-state index contributed by atoms with van der Waals surface area (Å²) in [7, 11) is 3.43. The van der Waals surface area contributed by atoms with Crippen LogP contribution in [0.15, 0.2) is 18.5 Å². The Morgan fingerprint density at radius 1 is 1.24 bits per heavy atom. The Labute approximate surface area is 126 Å². The molecule has 0 bridgehead atoms. The fourth-order valence-corrected chi connectivity index (χ4v) is 2.99. The lowest BCUT2D eigenvalue weighted by molar-refractivity contribution is 0.397. The van der Waals surface area contributed by atoms with Crippen molar-refractivity contribution in [3.63, 3.8) is 0 Å². The Kier molecular flexibility index (Phi) is 3.66. The molecule has 3 aromatic rings. The van der Waals surface area contributed by atoms with Crippen molar-refractivity contribution in [2.75, 3.05) is 19.5 Å². The van der Waals surface area contributed by atoms with E-state index in [4.69, 9.17) is 4.74 Å². The summed E-state index contributed by atoms with van der Waals surface area (Å²) in [6.07, 6.45) is 2.44. The van der Waals surface area contributed by atoms with Gasteiger partial charge in [-0.2, -0.15) is 0 Å². The Hall–Kier alpha value is -2.28. The summed E-state index contributed by atoms with van der Waals surface area (Å²) >= 11 is 1.68. The molecule has 21 heavy (non-hydrogen) atoms. The van der Waals surface area contributed by atoms with Gasteiger partial charge in [-0.1, -0.05) is 6.92 Å². The molecule has 3 heterocycles. The molecule has 0 spiro atoms. The summed E-state index contributed by atoms with van der Waals surface area (Å²) in [5.74, 6) is 1.87. The van der Waals surface area contributed by atoms with E-state index in [1.807, 2.05) is 7.05 Å². The third-order valence-electron chi connectivity index (χ3n) is 3.11. The van der Waals surface area contributed by atoms with Crippen molar-refractivity contribution in [1.29, 1.82) is 0 Å². The average Bonchev–Trinajstić information content (AvgIpc) is 2.97. The third kappa shape index (κ3) is 2.52. The zero-order chi connectivity index (χ0) is 14.8. The van der Waals surface area contributed by atoms with Crippen molar-refractivity contribution < 1.29 is 4.74 Å². The lowest BCUT2D eigenvalue weighted by Gasteiger charge is -2.05. The predicted molar refractivity (Wildman–Crippen MR) is 83.9 cm³/mol. The first-order valence-corrected chi connectivity index (χ1v) is 7.41. The normalized spacial score (nSPS) is 10.8. The first-order valence-electron chi connectivity index (χ1n) is 6.59. The van der Waals surface area contributed by atoms with Gasteiger partial charge >= 0.3 is 0 Å². The number of aryl methyl sites for hydroxylation is 1. The van der Waals surface area contributed by atoms with Gasteiger partial charge < -0.3 is 10.1 Å². The molecule has 0 atom stereocenters. The molecule has 6 nitrogen and oxygen atoms in total. The number of hydrogen-bond acceptors (Lipinski definition) is 7. The highest BCUT2D eigenvalue weighted by Gasteiger charge is 2.13. The number of ether oxygens (including phenoxy) is 1. The number of methoxy groups -OCH3 is 1. The quantitative estimate of drug-likeness (QED) is 0.799. The standard InChI is InChI=1S/C14H15N5OS/c1-4-8-5-9-12(15-2)18-13(19-14(9)21-8)10-6-11(20-3)17-7-16-10/h5-7H,4H2,1-3H3,(H,15,18,19). The minimum Gasteiger partial charge on any atom is -0.481 e. The van der Waals surface area contributed by atoms with Gasteiger partial charge in [0, 0.05) is 18.0 Å². The maximum absolute atomic E-state index is 5.12. The number of nitrogens with one attached hydrogen (secondary N) is 1. The Morgan fingerprint density at radius 3 is 2.81 bits per heavy atom. The first-order chi connectivity index (χ1) is 10.2. The molecule has 0 amide bonds.